The Morgan fingerprint density at radius 1 is 1.09 bits per heavy atom. The number of methoxy groups -OCH3 is 1. The van der Waals surface area contributed by atoms with E-state index in [9.17, 15) is 19.2 Å². The van der Waals surface area contributed by atoms with Gasteiger partial charge in [-0.3, -0.25) is 14.4 Å². The Kier molecular flexibility index (Phi) is 6.48. The van der Waals surface area contributed by atoms with Gasteiger partial charge in [-0.15, -0.1) is 0 Å². The highest BCUT2D eigenvalue weighted by Crippen LogP contribution is 2.33. The molecule has 3 amide bonds. The highest BCUT2D eigenvalue weighted by molar-refractivity contribution is 6.23. The summed E-state index contributed by atoms with van der Waals surface area (Å²) in [6.07, 6.45) is 0.509. The number of anilines is 1. The fraction of sp³-hybridized carbons (Fsp3) is 0.360. The Morgan fingerprint density at radius 2 is 1.72 bits per heavy atom. The summed E-state index contributed by atoms with van der Waals surface area (Å²) in [6.45, 7) is 7.59. The lowest BCUT2D eigenvalue weighted by molar-refractivity contribution is -0.123. The van der Waals surface area contributed by atoms with Gasteiger partial charge in [0.15, 0.2) is 0 Å². The quantitative estimate of drug-likeness (QED) is 0.509. The molecule has 1 aliphatic heterocycles. The molecule has 1 atom stereocenters. The molecular weight excluding hydrogens is 408 g/mol. The van der Waals surface area contributed by atoms with Crippen LogP contribution in [0.25, 0.3) is 0 Å². The van der Waals surface area contributed by atoms with Gasteiger partial charge in [0.1, 0.15) is 6.04 Å². The number of hydrogen-bond donors (Lipinski definition) is 0. The van der Waals surface area contributed by atoms with Crippen LogP contribution in [0.3, 0.4) is 0 Å². The van der Waals surface area contributed by atoms with Gasteiger partial charge in [-0.1, -0.05) is 25.1 Å². The van der Waals surface area contributed by atoms with E-state index in [2.05, 4.69) is 4.74 Å². The smallest absolute Gasteiger partial charge is 0.337 e. The molecule has 2 aromatic carbocycles. The standard InChI is InChI=1S/C25H28N2O5/c1-6-25(3,4)27(22(29)19-10-8-7-9-16(19)2)20-15-21(28)26(23(20)30)18-13-11-17(12-14-18)24(31)32-5/h7-14,20H,6,15H2,1-5H3. The Hall–Kier alpha value is -3.48. The highest BCUT2D eigenvalue weighted by Gasteiger charge is 2.48. The lowest BCUT2D eigenvalue weighted by atomic mass is 9.94. The molecule has 0 saturated carbocycles. The number of hydrogen-bond acceptors (Lipinski definition) is 5. The van der Waals surface area contributed by atoms with Crippen LogP contribution in [0, 0.1) is 6.92 Å². The Bertz CT molecular complexity index is 1060. The van der Waals surface area contributed by atoms with Crippen molar-refractivity contribution in [2.24, 2.45) is 0 Å². The third-order valence-electron chi connectivity index (χ3n) is 6.09. The predicted octanol–water partition coefficient (Wildman–Crippen LogP) is 3.74. The molecule has 1 aliphatic rings. The second kappa shape index (κ2) is 8.94. The average molecular weight is 437 g/mol. The molecule has 0 aliphatic carbocycles. The molecule has 0 radical (unpaired) electrons. The molecule has 3 rings (SSSR count). The topological polar surface area (TPSA) is 84.0 Å². The van der Waals surface area contributed by atoms with Crippen LogP contribution in [-0.4, -0.2) is 47.3 Å². The van der Waals surface area contributed by atoms with Crippen LogP contribution in [0.2, 0.25) is 0 Å². The summed E-state index contributed by atoms with van der Waals surface area (Å²) in [5, 5.41) is 0. The van der Waals surface area contributed by atoms with E-state index >= 15 is 0 Å². The van der Waals surface area contributed by atoms with E-state index in [0.717, 1.165) is 10.5 Å². The molecule has 7 heteroatoms. The molecule has 7 nitrogen and oxygen atoms in total. The van der Waals surface area contributed by atoms with E-state index in [1.54, 1.807) is 17.0 Å². The van der Waals surface area contributed by atoms with Crippen LogP contribution in [-0.2, 0) is 14.3 Å². The number of carbonyl (C=O) groups is 4. The second-order valence-corrected chi connectivity index (χ2v) is 8.48. The van der Waals surface area contributed by atoms with Crippen LogP contribution in [0.15, 0.2) is 48.5 Å². The molecule has 1 unspecified atom stereocenters. The van der Waals surface area contributed by atoms with Crippen molar-refractivity contribution >= 4 is 29.4 Å². The largest absolute Gasteiger partial charge is 0.465 e. The van der Waals surface area contributed by atoms with Crippen molar-refractivity contribution in [2.75, 3.05) is 12.0 Å². The average Bonchev–Trinajstić information content (AvgIpc) is 3.06. The van der Waals surface area contributed by atoms with Gasteiger partial charge in [-0.2, -0.15) is 0 Å². The van der Waals surface area contributed by atoms with Gasteiger partial charge in [0.2, 0.25) is 5.91 Å². The minimum absolute atomic E-state index is 0.0986. The number of benzene rings is 2. The molecule has 1 saturated heterocycles. The van der Waals surface area contributed by atoms with Gasteiger partial charge < -0.3 is 9.64 Å². The minimum Gasteiger partial charge on any atom is -0.465 e. The maximum absolute atomic E-state index is 13.6. The molecule has 0 aromatic heterocycles. The summed E-state index contributed by atoms with van der Waals surface area (Å²) >= 11 is 0. The number of nitrogens with zero attached hydrogens (tertiary/aromatic N) is 2. The van der Waals surface area contributed by atoms with Crippen molar-refractivity contribution in [1.29, 1.82) is 0 Å². The lowest BCUT2D eigenvalue weighted by Crippen LogP contribution is -2.55. The number of ether oxygens (including phenoxy) is 1. The highest BCUT2D eigenvalue weighted by atomic mass is 16.5. The van der Waals surface area contributed by atoms with Gasteiger partial charge in [-0.05, 0) is 63.1 Å². The number of amides is 3. The van der Waals surface area contributed by atoms with E-state index in [4.69, 9.17) is 0 Å². The molecular formula is C25H28N2O5. The third kappa shape index (κ3) is 4.15. The summed E-state index contributed by atoms with van der Waals surface area (Å²) in [4.78, 5) is 54.3. The van der Waals surface area contributed by atoms with Gasteiger partial charge in [-0.25, -0.2) is 9.69 Å². The lowest BCUT2D eigenvalue weighted by Gasteiger charge is -2.41. The zero-order chi connectivity index (χ0) is 23.6. The second-order valence-electron chi connectivity index (χ2n) is 8.48. The number of aryl methyl sites for hydroxylation is 1. The van der Waals surface area contributed by atoms with Crippen molar-refractivity contribution in [3.8, 4) is 0 Å². The SMILES string of the molecule is CCC(C)(C)N(C(=O)c1ccccc1C)C1CC(=O)N(c2ccc(C(=O)OC)cc2)C1=O. The summed E-state index contributed by atoms with van der Waals surface area (Å²) in [6, 6.07) is 12.4. The summed E-state index contributed by atoms with van der Waals surface area (Å²) in [5.41, 5.74) is 1.34. The number of imide groups is 1. The van der Waals surface area contributed by atoms with Crippen LogP contribution in [0.4, 0.5) is 5.69 Å². The molecule has 32 heavy (non-hydrogen) atoms. The van der Waals surface area contributed by atoms with E-state index in [1.165, 1.54) is 31.4 Å². The van der Waals surface area contributed by atoms with Crippen LogP contribution < -0.4 is 4.90 Å². The minimum atomic E-state index is -0.912. The first kappa shape index (κ1) is 23.2. The predicted molar refractivity (Wildman–Crippen MR) is 120 cm³/mol. The fourth-order valence-electron chi connectivity index (χ4n) is 3.90. The zero-order valence-corrected chi connectivity index (χ0v) is 19.0. The van der Waals surface area contributed by atoms with Crippen molar-refractivity contribution < 1.29 is 23.9 Å². The maximum Gasteiger partial charge on any atom is 0.337 e. The fourth-order valence-corrected chi connectivity index (χ4v) is 3.90. The first-order valence-corrected chi connectivity index (χ1v) is 10.6. The molecule has 1 fully saturated rings. The van der Waals surface area contributed by atoms with Crippen molar-refractivity contribution in [1.82, 2.24) is 4.90 Å². The Labute approximate surface area is 188 Å². The molecule has 168 valence electrons. The van der Waals surface area contributed by atoms with E-state index in [-0.39, 0.29) is 18.2 Å². The maximum atomic E-state index is 13.6. The van der Waals surface area contributed by atoms with Crippen LogP contribution in [0.1, 0.15) is 59.9 Å². The Morgan fingerprint density at radius 3 is 2.28 bits per heavy atom. The summed E-state index contributed by atoms with van der Waals surface area (Å²) in [7, 11) is 1.28. The van der Waals surface area contributed by atoms with E-state index in [1.807, 2.05) is 39.8 Å². The van der Waals surface area contributed by atoms with Crippen molar-refractivity contribution in [3.63, 3.8) is 0 Å². The first-order chi connectivity index (χ1) is 15.1. The van der Waals surface area contributed by atoms with Crippen LogP contribution >= 0.6 is 0 Å². The normalized spacial score (nSPS) is 16.3. The number of esters is 1. The van der Waals surface area contributed by atoms with E-state index < -0.39 is 23.5 Å². The van der Waals surface area contributed by atoms with Crippen molar-refractivity contribution in [2.45, 2.75) is 52.1 Å². The summed E-state index contributed by atoms with van der Waals surface area (Å²) < 4.78 is 4.69. The number of carbonyl (C=O) groups excluding carboxylic acids is 4. The first-order valence-electron chi connectivity index (χ1n) is 10.6. The third-order valence-corrected chi connectivity index (χ3v) is 6.09. The molecule has 0 spiro atoms. The van der Waals surface area contributed by atoms with Gasteiger partial charge in [0.05, 0.1) is 24.8 Å². The monoisotopic (exact) mass is 436 g/mol. The Balaban J connectivity index is 1.98. The summed E-state index contributed by atoms with van der Waals surface area (Å²) in [5.74, 6) is -1.62. The zero-order valence-electron chi connectivity index (χ0n) is 19.0. The molecule has 1 heterocycles. The van der Waals surface area contributed by atoms with Crippen LogP contribution in [0.5, 0.6) is 0 Å². The molecule has 0 bridgehead atoms. The number of rotatable bonds is 6. The van der Waals surface area contributed by atoms with Gasteiger partial charge >= 0.3 is 5.97 Å². The molecule has 2 aromatic rings. The van der Waals surface area contributed by atoms with E-state index in [0.29, 0.717) is 23.2 Å². The van der Waals surface area contributed by atoms with Gasteiger partial charge in [0, 0.05) is 11.1 Å². The molecule has 0 N–H and O–H groups in total. The van der Waals surface area contributed by atoms with Gasteiger partial charge in [0.25, 0.3) is 11.8 Å². The van der Waals surface area contributed by atoms with Crippen molar-refractivity contribution in [3.05, 3.63) is 65.2 Å².